The number of nitrogens with zero attached hydrogens (tertiary/aromatic N) is 3. The Bertz CT molecular complexity index is 536. The van der Waals surface area contributed by atoms with E-state index in [9.17, 15) is 0 Å². The van der Waals surface area contributed by atoms with Crippen molar-refractivity contribution >= 4 is 21.7 Å². The molecular weight excluding hydrogens is 268 g/mol. The molecule has 1 heterocycles. The standard InChI is InChI=1S/C11H9BrN4/c12-10-3-1-8(2-4-10)7-16-11(14)9(5-13)6-15-16/h1-4,6H,7,14H2. The molecule has 16 heavy (non-hydrogen) atoms. The van der Waals surface area contributed by atoms with Gasteiger partial charge < -0.3 is 5.73 Å². The summed E-state index contributed by atoms with van der Waals surface area (Å²) in [5.74, 6) is 0.408. The van der Waals surface area contributed by atoms with E-state index in [1.165, 1.54) is 6.20 Å². The lowest BCUT2D eigenvalue weighted by molar-refractivity contribution is 0.697. The number of anilines is 1. The first-order valence-electron chi connectivity index (χ1n) is 4.66. The first kappa shape index (κ1) is 10.7. The largest absolute Gasteiger partial charge is 0.383 e. The van der Waals surface area contributed by atoms with Crippen LogP contribution < -0.4 is 5.73 Å². The van der Waals surface area contributed by atoms with E-state index in [0.29, 0.717) is 17.9 Å². The number of nitrogens with two attached hydrogens (primary N) is 1. The zero-order valence-electron chi connectivity index (χ0n) is 8.39. The van der Waals surface area contributed by atoms with Crippen LogP contribution in [0.1, 0.15) is 11.1 Å². The van der Waals surface area contributed by atoms with E-state index < -0.39 is 0 Å². The predicted molar refractivity (Wildman–Crippen MR) is 64.6 cm³/mol. The fraction of sp³-hybridized carbons (Fsp3) is 0.0909. The zero-order chi connectivity index (χ0) is 11.5. The van der Waals surface area contributed by atoms with Crippen molar-refractivity contribution in [1.82, 2.24) is 9.78 Å². The van der Waals surface area contributed by atoms with Crippen molar-refractivity contribution in [3.63, 3.8) is 0 Å². The van der Waals surface area contributed by atoms with Crippen LogP contribution in [0.2, 0.25) is 0 Å². The number of hydrogen-bond donors (Lipinski definition) is 1. The molecular formula is C11H9BrN4. The lowest BCUT2D eigenvalue weighted by Crippen LogP contribution is -2.06. The van der Waals surface area contributed by atoms with Crippen LogP contribution in [0.4, 0.5) is 5.82 Å². The second kappa shape index (κ2) is 4.37. The first-order valence-corrected chi connectivity index (χ1v) is 5.46. The van der Waals surface area contributed by atoms with Crippen LogP contribution in [-0.4, -0.2) is 9.78 Å². The number of hydrogen-bond acceptors (Lipinski definition) is 3. The van der Waals surface area contributed by atoms with Crippen LogP contribution in [0.3, 0.4) is 0 Å². The molecule has 4 nitrogen and oxygen atoms in total. The normalized spacial score (nSPS) is 10.0. The van der Waals surface area contributed by atoms with Gasteiger partial charge in [-0.2, -0.15) is 10.4 Å². The Morgan fingerprint density at radius 2 is 2.06 bits per heavy atom. The SMILES string of the molecule is N#Cc1cnn(Cc2ccc(Br)cc2)c1N. The zero-order valence-corrected chi connectivity index (χ0v) is 9.98. The van der Waals surface area contributed by atoms with Gasteiger partial charge in [0.1, 0.15) is 17.5 Å². The van der Waals surface area contributed by atoms with Crippen molar-refractivity contribution in [2.75, 3.05) is 5.73 Å². The molecule has 2 aromatic rings. The third-order valence-electron chi connectivity index (χ3n) is 2.25. The predicted octanol–water partition coefficient (Wildman–Crippen LogP) is 2.15. The molecule has 1 aromatic carbocycles. The molecule has 0 bridgehead atoms. The molecule has 0 amide bonds. The highest BCUT2D eigenvalue weighted by atomic mass is 79.9. The van der Waals surface area contributed by atoms with Gasteiger partial charge in [0.2, 0.25) is 0 Å². The lowest BCUT2D eigenvalue weighted by Gasteiger charge is -2.04. The Balaban J connectivity index is 2.24. The van der Waals surface area contributed by atoms with Crippen LogP contribution in [0.15, 0.2) is 34.9 Å². The van der Waals surface area contributed by atoms with Crippen LogP contribution in [0.25, 0.3) is 0 Å². The first-order chi connectivity index (χ1) is 7.70. The molecule has 0 aliphatic heterocycles. The monoisotopic (exact) mass is 276 g/mol. The minimum atomic E-state index is 0.408. The summed E-state index contributed by atoms with van der Waals surface area (Å²) in [6, 6.07) is 9.88. The van der Waals surface area contributed by atoms with Crippen molar-refractivity contribution in [3.05, 3.63) is 46.1 Å². The number of nitriles is 1. The summed E-state index contributed by atoms with van der Waals surface area (Å²) in [7, 11) is 0. The second-order valence-electron chi connectivity index (χ2n) is 3.34. The highest BCUT2D eigenvalue weighted by molar-refractivity contribution is 9.10. The number of halogens is 1. The maximum Gasteiger partial charge on any atom is 0.140 e. The van der Waals surface area contributed by atoms with Gasteiger partial charge in [-0.25, -0.2) is 4.68 Å². The number of aromatic nitrogens is 2. The van der Waals surface area contributed by atoms with E-state index in [1.54, 1.807) is 4.68 Å². The molecule has 2 N–H and O–H groups in total. The van der Waals surface area contributed by atoms with Crippen LogP contribution in [0, 0.1) is 11.3 Å². The Kier molecular flexibility index (Phi) is 2.93. The van der Waals surface area contributed by atoms with E-state index in [4.69, 9.17) is 11.0 Å². The van der Waals surface area contributed by atoms with Gasteiger partial charge in [0.15, 0.2) is 0 Å². The second-order valence-corrected chi connectivity index (χ2v) is 4.26. The Morgan fingerprint density at radius 3 is 2.62 bits per heavy atom. The van der Waals surface area contributed by atoms with Gasteiger partial charge in [-0.3, -0.25) is 0 Å². The van der Waals surface area contributed by atoms with Gasteiger partial charge in [0, 0.05) is 4.47 Å². The molecule has 0 saturated heterocycles. The van der Waals surface area contributed by atoms with Crippen molar-refractivity contribution in [2.24, 2.45) is 0 Å². The molecule has 80 valence electrons. The molecule has 0 aliphatic carbocycles. The third kappa shape index (κ3) is 2.07. The quantitative estimate of drug-likeness (QED) is 0.914. The molecule has 0 radical (unpaired) electrons. The maximum atomic E-state index is 8.74. The summed E-state index contributed by atoms with van der Waals surface area (Å²) in [6.45, 7) is 0.570. The summed E-state index contributed by atoms with van der Waals surface area (Å²) in [5, 5.41) is 12.8. The minimum Gasteiger partial charge on any atom is -0.383 e. The Labute approximate surface area is 101 Å². The van der Waals surface area contributed by atoms with Crippen LogP contribution in [0.5, 0.6) is 0 Å². The summed E-state index contributed by atoms with van der Waals surface area (Å²) in [6.07, 6.45) is 1.48. The van der Waals surface area contributed by atoms with Crippen molar-refractivity contribution < 1.29 is 0 Å². The average molecular weight is 277 g/mol. The number of nitrogen functional groups attached to an aromatic ring is 1. The van der Waals surface area contributed by atoms with Gasteiger partial charge in [-0.05, 0) is 17.7 Å². The highest BCUT2D eigenvalue weighted by Crippen LogP contribution is 2.14. The summed E-state index contributed by atoms with van der Waals surface area (Å²) in [5.41, 5.74) is 7.26. The molecule has 0 unspecified atom stereocenters. The van der Waals surface area contributed by atoms with E-state index in [-0.39, 0.29) is 0 Å². The number of rotatable bonds is 2. The van der Waals surface area contributed by atoms with E-state index in [2.05, 4.69) is 21.0 Å². The lowest BCUT2D eigenvalue weighted by atomic mass is 10.2. The van der Waals surface area contributed by atoms with Gasteiger partial charge >= 0.3 is 0 Å². The summed E-state index contributed by atoms with van der Waals surface area (Å²) >= 11 is 3.37. The van der Waals surface area contributed by atoms with Crippen molar-refractivity contribution in [2.45, 2.75) is 6.54 Å². The fourth-order valence-corrected chi connectivity index (χ4v) is 1.63. The topological polar surface area (TPSA) is 67.6 Å². The molecule has 0 atom stereocenters. The molecule has 5 heteroatoms. The van der Waals surface area contributed by atoms with Gasteiger partial charge in [0.05, 0.1) is 12.7 Å². The number of benzene rings is 1. The molecule has 0 saturated carbocycles. The smallest absolute Gasteiger partial charge is 0.140 e. The third-order valence-corrected chi connectivity index (χ3v) is 2.77. The van der Waals surface area contributed by atoms with Crippen molar-refractivity contribution in [3.8, 4) is 6.07 Å². The highest BCUT2D eigenvalue weighted by Gasteiger charge is 2.06. The minimum absolute atomic E-state index is 0.408. The van der Waals surface area contributed by atoms with Crippen LogP contribution in [-0.2, 0) is 6.54 Å². The Hall–Kier alpha value is -1.80. The van der Waals surface area contributed by atoms with E-state index in [1.807, 2.05) is 30.3 Å². The Morgan fingerprint density at radius 1 is 1.38 bits per heavy atom. The molecule has 0 spiro atoms. The molecule has 0 aliphatic rings. The van der Waals surface area contributed by atoms with Gasteiger partial charge in [-0.15, -0.1) is 0 Å². The van der Waals surface area contributed by atoms with E-state index in [0.717, 1.165) is 10.0 Å². The van der Waals surface area contributed by atoms with Crippen LogP contribution >= 0.6 is 15.9 Å². The summed E-state index contributed by atoms with van der Waals surface area (Å²) in [4.78, 5) is 0. The average Bonchev–Trinajstić information content (AvgIpc) is 2.63. The molecule has 1 aromatic heterocycles. The summed E-state index contributed by atoms with van der Waals surface area (Å²) < 4.78 is 2.64. The van der Waals surface area contributed by atoms with Gasteiger partial charge in [0.25, 0.3) is 0 Å². The fourth-order valence-electron chi connectivity index (χ4n) is 1.37. The van der Waals surface area contributed by atoms with E-state index >= 15 is 0 Å². The maximum absolute atomic E-state index is 8.74. The van der Waals surface area contributed by atoms with Crippen molar-refractivity contribution in [1.29, 1.82) is 5.26 Å². The molecule has 2 rings (SSSR count). The molecule has 0 fully saturated rings. The van der Waals surface area contributed by atoms with Gasteiger partial charge in [-0.1, -0.05) is 28.1 Å².